The van der Waals surface area contributed by atoms with Gasteiger partial charge in [0.15, 0.2) is 0 Å². The molecule has 1 N–H and O–H groups in total. The van der Waals surface area contributed by atoms with Gasteiger partial charge in [0.25, 0.3) is 5.69 Å². The number of rotatable bonds is 6. The summed E-state index contributed by atoms with van der Waals surface area (Å²) in [5.41, 5.74) is 1.09. The number of benzene rings is 1. The van der Waals surface area contributed by atoms with E-state index < -0.39 is 4.92 Å². The summed E-state index contributed by atoms with van der Waals surface area (Å²) < 4.78 is 5.13. The van der Waals surface area contributed by atoms with Crippen molar-refractivity contribution >= 4 is 29.1 Å². The third-order valence-corrected chi connectivity index (χ3v) is 4.00. The van der Waals surface area contributed by atoms with Crippen molar-refractivity contribution in [3.8, 4) is 0 Å². The van der Waals surface area contributed by atoms with E-state index >= 15 is 0 Å². The standard InChI is InChI=1S/C17H21ClN4O4/c1-17(2,3)14-8-16(26-20-14)19-15(23)10-21(4)9-11-7-12(22(24)25)5-6-13(11)18/h5-8H,9-10H2,1-4H3,(H,19,23). The third-order valence-electron chi connectivity index (χ3n) is 3.64. The average molecular weight is 381 g/mol. The van der Waals surface area contributed by atoms with Crippen LogP contribution in [-0.2, 0) is 16.8 Å². The molecule has 8 nitrogen and oxygen atoms in total. The molecule has 0 bridgehead atoms. The highest BCUT2D eigenvalue weighted by Gasteiger charge is 2.20. The number of likely N-dealkylation sites (N-methyl/N-ethyl adjacent to an activating group) is 1. The summed E-state index contributed by atoms with van der Waals surface area (Å²) in [4.78, 5) is 24.2. The molecule has 0 unspecified atom stereocenters. The predicted molar refractivity (Wildman–Crippen MR) is 98.3 cm³/mol. The number of carbonyl (C=O) groups is 1. The molecule has 26 heavy (non-hydrogen) atoms. The number of nitrogens with one attached hydrogen (secondary N) is 1. The van der Waals surface area contributed by atoms with Crippen LogP contribution in [0.4, 0.5) is 11.6 Å². The summed E-state index contributed by atoms with van der Waals surface area (Å²) in [6.07, 6.45) is 0. The van der Waals surface area contributed by atoms with Crippen LogP contribution in [0.2, 0.25) is 5.02 Å². The molecule has 9 heteroatoms. The molecular formula is C17H21ClN4O4. The van der Waals surface area contributed by atoms with Crippen molar-refractivity contribution in [3.05, 3.63) is 50.7 Å². The second kappa shape index (κ2) is 7.84. The van der Waals surface area contributed by atoms with E-state index in [-0.39, 0.29) is 36.0 Å². The van der Waals surface area contributed by atoms with Gasteiger partial charge in [0.2, 0.25) is 11.8 Å². The number of hydrogen-bond acceptors (Lipinski definition) is 6. The van der Waals surface area contributed by atoms with E-state index in [1.807, 2.05) is 20.8 Å². The molecule has 0 aliphatic rings. The highest BCUT2D eigenvalue weighted by molar-refractivity contribution is 6.31. The summed E-state index contributed by atoms with van der Waals surface area (Å²) in [7, 11) is 1.72. The second-order valence-electron chi connectivity index (χ2n) is 7.08. The Bertz CT molecular complexity index is 813. The van der Waals surface area contributed by atoms with Crippen LogP contribution >= 0.6 is 11.6 Å². The van der Waals surface area contributed by atoms with E-state index in [9.17, 15) is 14.9 Å². The van der Waals surface area contributed by atoms with Crippen LogP contribution in [-0.4, -0.2) is 34.5 Å². The van der Waals surface area contributed by atoms with E-state index in [1.165, 1.54) is 18.2 Å². The molecule has 0 radical (unpaired) electrons. The van der Waals surface area contributed by atoms with E-state index in [4.69, 9.17) is 16.1 Å². The number of nitrogens with zero attached hydrogens (tertiary/aromatic N) is 3. The molecule has 1 amide bonds. The van der Waals surface area contributed by atoms with Gasteiger partial charge in [0.05, 0.1) is 17.2 Å². The number of non-ortho nitro benzene ring substituents is 1. The monoisotopic (exact) mass is 380 g/mol. The summed E-state index contributed by atoms with van der Waals surface area (Å²) in [6, 6.07) is 5.92. The largest absolute Gasteiger partial charge is 0.338 e. The van der Waals surface area contributed by atoms with Crippen molar-refractivity contribution in [2.75, 3.05) is 18.9 Å². The molecule has 1 aromatic carbocycles. The molecule has 0 atom stereocenters. The Morgan fingerprint density at radius 1 is 1.38 bits per heavy atom. The summed E-state index contributed by atoms with van der Waals surface area (Å²) in [5, 5.41) is 17.9. The van der Waals surface area contributed by atoms with Gasteiger partial charge >= 0.3 is 0 Å². The normalized spacial score (nSPS) is 11.6. The zero-order valence-electron chi connectivity index (χ0n) is 15.1. The topological polar surface area (TPSA) is 102 Å². The molecule has 140 valence electrons. The lowest BCUT2D eigenvalue weighted by atomic mass is 9.92. The Balaban J connectivity index is 1.96. The van der Waals surface area contributed by atoms with Gasteiger partial charge in [-0.3, -0.25) is 25.1 Å². The minimum atomic E-state index is -0.483. The van der Waals surface area contributed by atoms with Crippen molar-refractivity contribution in [1.29, 1.82) is 0 Å². The molecule has 1 aromatic heterocycles. The number of aromatic nitrogens is 1. The SMILES string of the molecule is CN(CC(=O)Nc1cc(C(C)(C)C)no1)Cc1cc([N+](=O)[O-])ccc1Cl. The second-order valence-corrected chi connectivity index (χ2v) is 7.49. The minimum Gasteiger partial charge on any atom is -0.338 e. The van der Waals surface area contributed by atoms with Gasteiger partial charge in [-0.25, -0.2) is 0 Å². The number of halogens is 1. The number of carbonyl (C=O) groups excluding carboxylic acids is 1. The summed E-state index contributed by atoms with van der Waals surface area (Å²) in [5.74, 6) is -0.00707. The molecule has 0 aliphatic carbocycles. The van der Waals surface area contributed by atoms with Crippen molar-refractivity contribution < 1.29 is 14.2 Å². The summed E-state index contributed by atoms with van der Waals surface area (Å²) in [6.45, 7) is 6.33. The molecule has 0 saturated heterocycles. The summed E-state index contributed by atoms with van der Waals surface area (Å²) >= 11 is 6.08. The van der Waals surface area contributed by atoms with Gasteiger partial charge in [-0.1, -0.05) is 37.5 Å². The lowest BCUT2D eigenvalue weighted by Crippen LogP contribution is -2.29. The average Bonchev–Trinajstić information content (AvgIpc) is 2.97. The number of nitro groups is 1. The molecule has 0 spiro atoms. The molecule has 2 rings (SSSR count). The van der Waals surface area contributed by atoms with Crippen molar-refractivity contribution in [3.63, 3.8) is 0 Å². The van der Waals surface area contributed by atoms with Crippen molar-refractivity contribution in [2.24, 2.45) is 0 Å². The van der Waals surface area contributed by atoms with Gasteiger partial charge in [-0.15, -0.1) is 0 Å². The first-order valence-electron chi connectivity index (χ1n) is 7.94. The number of nitro benzene ring substituents is 1. The number of amides is 1. The quantitative estimate of drug-likeness (QED) is 0.606. The van der Waals surface area contributed by atoms with Crippen LogP contribution in [0.3, 0.4) is 0 Å². The maximum Gasteiger partial charge on any atom is 0.269 e. The molecule has 1 heterocycles. The van der Waals surface area contributed by atoms with E-state index in [0.717, 1.165) is 5.69 Å². The highest BCUT2D eigenvalue weighted by Crippen LogP contribution is 2.24. The zero-order valence-corrected chi connectivity index (χ0v) is 15.8. The third kappa shape index (κ3) is 5.27. The maximum atomic E-state index is 12.2. The predicted octanol–water partition coefficient (Wildman–Crippen LogP) is 3.60. The Morgan fingerprint density at radius 3 is 2.65 bits per heavy atom. The lowest BCUT2D eigenvalue weighted by molar-refractivity contribution is -0.384. The Hall–Kier alpha value is -2.45. The number of anilines is 1. The molecule has 0 fully saturated rings. The maximum absolute atomic E-state index is 12.2. The van der Waals surface area contributed by atoms with Crippen LogP contribution in [0.5, 0.6) is 0 Å². The van der Waals surface area contributed by atoms with Gasteiger partial charge in [0, 0.05) is 35.2 Å². The first kappa shape index (κ1) is 19.9. The van der Waals surface area contributed by atoms with E-state index in [2.05, 4.69) is 10.5 Å². The van der Waals surface area contributed by atoms with E-state index in [1.54, 1.807) is 18.0 Å². The molecule has 0 aliphatic heterocycles. The van der Waals surface area contributed by atoms with Gasteiger partial charge in [-0.2, -0.15) is 0 Å². The lowest BCUT2D eigenvalue weighted by Gasteiger charge is -2.16. The van der Waals surface area contributed by atoms with Crippen LogP contribution in [0.25, 0.3) is 0 Å². The minimum absolute atomic E-state index is 0.0429. The van der Waals surface area contributed by atoms with Crippen LogP contribution in [0.15, 0.2) is 28.8 Å². The number of hydrogen-bond donors (Lipinski definition) is 1. The Morgan fingerprint density at radius 2 is 2.08 bits per heavy atom. The van der Waals surface area contributed by atoms with Crippen molar-refractivity contribution in [2.45, 2.75) is 32.7 Å². The van der Waals surface area contributed by atoms with Gasteiger partial charge in [0.1, 0.15) is 0 Å². The van der Waals surface area contributed by atoms with E-state index in [0.29, 0.717) is 10.6 Å². The fourth-order valence-electron chi connectivity index (χ4n) is 2.25. The first-order valence-corrected chi connectivity index (χ1v) is 8.32. The smallest absolute Gasteiger partial charge is 0.269 e. The van der Waals surface area contributed by atoms with Crippen LogP contribution in [0, 0.1) is 10.1 Å². The fourth-order valence-corrected chi connectivity index (χ4v) is 2.43. The highest BCUT2D eigenvalue weighted by atomic mass is 35.5. The fraction of sp³-hybridized carbons (Fsp3) is 0.412. The van der Waals surface area contributed by atoms with Crippen molar-refractivity contribution in [1.82, 2.24) is 10.1 Å². The first-order chi connectivity index (χ1) is 12.1. The molecule has 2 aromatic rings. The Kier molecular flexibility index (Phi) is 5.99. The zero-order chi connectivity index (χ0) is 19.5. The van der Waals surface area contributed by atoms with Gasteiger partial charge < -0.3 is 4.52 Å². The van der Waals surface area contributed by atoms with Crippen LogP contribution < -0.4 is 5.32 Å². The molecule has 0 saturated carbocycles. The Labute approximate surface area is 156 Å². The molecular weight excluding hydrogens is 360 g/mol. The van der Waals surface area contributed by atoms with Crippen LogP contribution in [0.1, 0.15) is 32.0 Å². The van der Waals surface area contributed by atoms with Gasteiger partial charge in [-0.05, 0) is 18.7 Å².